The number of fused-ring (bicyclic) bond motifs is 2. The Labute approximate surface area is 203 Å². The molecule has 176 valence electrons. The minimum absolute atomic E-state index is 0.0355. The fraction of sp³-hybridized carbons (Fsp3) is 0.370. The van der Waals surface area contributed by atoms with E-state index in [4.69, 9.17) is 4.98 Å². The van der Waals surface area contributed by atoms with Crippen LogP contribution in [0.25, 0.3) is 33.5 Å². The second-order valence-corrected chi connectivity index (χ2v) is 9.66. The topological polar surface area (TPSA) is 103 Å². The Balaban J connectivity index is 1.36. The largest absolute Gasteiger partial charge is 0.343 e. The molecule has 3 aromatic heterocycles. The molecule has 0 radical (unpaired) electrons. The van der Waals surface area contributed by atoms with Crippen LogP contribution in [-0.4, -0.2) is 48.9 Å². The van der Waals surface area contributed by atoms with Crippen molar-refractivity contribution in [1.82, 2.24) is 29.9 Å². The van der Waals surface area contributed by atoms with Crippen LogP contribution in [0.1, 0.15) is 54.8 Å². The first-order valence-corrected chi connectivity index (χ1v) is 12.2. The smallest absolute Gasteiger partial charge is 0.219 e. The van der Waals surface area contributed by atoms with Crippen LogP contribution < -0.4 is 0 Å². The standard InChI is InChI=1S/C27H27N7O/c1-16-12-24-27(30-25(16)23-5-3-4-21-18(13-28)6-7-22(21)23)26(32-31-24)19-14-29-34(15-19)20-8-10-33(11-9-20)17(2)35/h3-5,12,14-15,18,20H,6-11H2,1-2H3,(H,31,32). The van der Waals surface area contributed by atoms with Crippen molar-refractivity contribution in [2.45, 2.75) is 51.5 Å². The van der Waals surface area contributed by atoms with Crippen LogP contribution in [0, 0.1) is 18.3 Å². The minimum atomic E-state index is -0.0355. The van der Waals surface area contributed by atoms with Crippen molar-refractivity contribution in [2.75, 3.05) is 13.1 Å². The number of aromatic nitrogens is 5. The molecule has 0 saturated carbocycles. The summed E-state index contributed by atoms with van der Waals surface area (Å²) in [7, 11) is 0. The van der Waals surface area contributed by atoms with Crippen LogP contribution in [0.5, 0.6) is 0 Å². The third kappa shape index (κ3) is 3.59. The first kappa shape index (κ1) is 21.5. The van der Waals surface area contributed by atoms with Crippen molar-refractivity contribution in [3.8, 4) is 28.6 Å². The first-order chi connectivity index (χ1) is 17.0. The monoisotopic (exact) mass is 465 g/mol. The van der Waals surface area contributed by atoms with E-state index in [0.29, 0.717) is 0 Å². The van der Waals surface area contributed by atoms with Gasteiger partial charge in [-0.05, 0) is 55.4 Å². The predicted molar refractivity (Wildman–Crippen MR) is 132 cm³/mol. The highest BCUT2D eigenvalue weighted by molar-refractivity contribution is 5.92. The summed E-state index contributed by atoms with van der Waals surface area (Å²) in [6, 6.07) is 11.0. The predicted octanol–water partition coefficient (Wildman–Crippen LogP) is 4.53. The molecular formula is C27H27N7O. The molecule has 4 aromatic rings. The molecule has 2 aliphatic rings. The number of rotatable bonds is 3. The molecule has 8 nitrogen and oxygen atoms in total. The highest BCUT2D eigenvalue weighted by Gasteiger charge is 2.27. The Hall–Kier alpha value is -3.99. The van der Waals surface area contributed by atoms with E-state index in [9.17, 15) is 10.1 Å². The van der Waals surface area contributed by atoms with E-state index in [-0.39, 0.29) is 17.9 Å². The summed E-state index contributed by atoms with van der Waals surface area (Å²) in [5, 5.41) is 21.9. The Bertz CT molecular complexity index is 1480. The van der Waals surface area contributed by atoms with E-state index in [1.54, 1.807) is 6.92 Å². The van der Waals surface area contributed by atoms with Crippen molar-refractivity contribution >= 4 is 16.9 Å². The summed E-state index contributed by atoms with van der Waals surface area (Å²) in [5.41, 5.74) is 8.94. The zero-order chi connectivity index (χ0) is 24.1. The van der Waals surface area contributed by atoms with Crippen LogP contribution in [-0.2, 0) is 11.2 Å². The second-order valence-electron chi connectivity index (χ2n) is 9.66. The SMILES string of the molecule is CC(=O)N1CCC(n2cc(-c3n[nH]c4cc(C)c(-c5cccc6c5CCC6C#N)nc34)cn2)CC1. The van der Waals surface area contributed by atoms with Gasteiger partial charge >= 0.3 is 0 Å². The van der Waals surface area contributed by atoms with Gasteiger partial charge in [0.1, 0.15) is 11.2 Å². The number of benzene rings is 1. The van der Waals surface area contributed by atoms with Gasteiger partial charge in [0, 0.05) is 37.3 Å². The minimum Gasteiger partial charge on any atom is -0.343 e. The third-order valence-corrected chi connectivity index (χ3v) is 7.57. The number of aromatic amines is 1. The van der Waals surface area contributed by atoms with Crippen LogP contribution in [0.15, 0.2) is 36.7 Å². The number of pyridine rings is 1. The fourth-order valence-corrected chi connectivity index (χ4v) is 5.64. The molecule has 1 amide bonds. The van der Waals surface area contributed by atoms with Gasteiger partial charge in [0.05, 0.1) is 35.4 Å². The molecule has 1 N–H and O–H groups in total. The maximum atomic E-state index is 11.6. The lowest BCUT2D eigenvalue weighted by molar-refractivity contribution is -0.130. The van der Waals surface area contributed by atoms with Crippen molar-refractivity contribution in [2.24, 2.45) is 0 Å². The molecule has 1 aromatic carbocycles. The molecule has 1 aliphatic heterocycles. The average molecular weight is 466 g/mol. The molecule has 0 bridgehead atoms. The normalized spacial score (nSPS) is 18.1. The molecule has 1 saturated heterocycles. The molecule has 1 aliphatic carbocycles. The number of piperidine rings is 1. The zero-order valence-electron chi connectivity index (χ0n) is 20.0. The molecule has 4 heterocycles. The van der Waals surface area contributed by atoms with Crippen molar-refractivity contribution in [1.29, 1.82) is 5.26 Å². The number of carbonyl (C=O) groups is 1. The number of likely N-dealkylation sites (tertiary alicyclic amines) is 1. The number of amides is 1. The van der Waals surface area contributed by atoms with E-state index in [0.717, 1.165) is 83.4 Å². The quantitative estimate of drug-likeness (QED) is 0.479. The van der Waals surface area contributed by atoms with Gasteiger partial charge in [-0.1, -0.05) is 18.2 Å². The molecule has 0 spiro atoms. The zero-order valence-corrected chi connectivity index (χ0v) is 20.0. The number of aryl methyl sites for hydroxylation is 1. The number of hydrogen-bond donors (Lipinski definition) is 1. The third-order valence-electron chi connectivity index (χ3n) is 7.57. The van der Waals surface area contributed by atoms with Gasteiger partial charge in [-0.15, -0.1) is 0 Å². The number of nitrogens with one attached hydrogen (secondary N) is 1. The van der Waals surface area contributed by atoms with Gasteiger partial charge in [-0.3, -0.25) is 14.6 Å². The number of nitrogens with zero attached hydrogens (tertiary/aromatic N) is 6. The van der Waals surface area contributed by atoms with E-state index < -0.39 is 0 Å². The van der Waals surface area contributed by atoms with Gasteiger partial charge < -0.3 is 4.90 Å². The molecule has 35 heavy (non-hydrogen) atoms. The van der Waals surface area contributed by atoms with Crippen molar-refractivity contribution in [3.05, 3.63) is 53.3 Å². The Kier molecular flexibility index (Phi) is 5.14. The summed E-state index contributed by atoms with van der Waals surface area (Å²) in [6.45, 7) is 5.23. The van der Waals surface area contributed by atoms with E-state index >= 15 is 0 Å². The maximum Gasteiger partial charge on any atom is 0.219 e. The molecule has 1 unspecified atom stereocenters. The van der Waals surface area contributed by atoms with Gasteiger partial charge in [0.2, 0.25) is 5.91 Å². The molecule has 1 atom stereocenters. The fourth-order valence-electron chi connectivity index (χ4n) is 5.64. The van der Waals surface area contributed by atoms with Gasteiger partial charge in [0.25, 0.3) is 0 Å². The highest BCUT2D eigenvalue weighted by atomic mass is 16.2. The number of hydrogen-bond acceptors (Lipinski definition) is 5. The first-order valence-electron chi connectivity index (χ1n) is 12.2. The van der Waals surface area contributed by atoms with Gasteiger partial charge in [-0.2, -0.15) is 15.5 Å². The number of H-pyrrole nitrogens is 1. The van der Waals surface area contributed by atoms with E-state index in [2.05, 4.69) is 46.5 Å². The Morgan fingerprint density at radius 3 is 2.80 bits per heavy atom. The van der Waals surface area contributed by atoms with Crippen LogP contribution >= 0.6 is 0 Å². The molecular weight excluding hydrogens is 438 g/mol. The summed E-state index contributed by atoms with van der Waals surface area (Å²) in [6.07, 6.45) is 7.45. The number of nitriles is 1. The van der Waals surface area contributed by atoms with Crippen molar-refractivity contribution in [3.63, 3.8) is 0 Å². The lowest BCUT2D eigenvalue weighted by Gasteiger charge is -2.31. The maximum absolute atomic E-state index is 11.6. The molecule has 6 rings (SSSR count). The van der Waals surface area contributed by atoms with Gasteiger partial charge in [0.15, 0.2) is 0 Å². The molecule has 8 heteroatoms. The van der Waals surface area contributed by atoms with Crippen molar-refractivity contribution < 1.29 is 4.79 Å². The summed E-state index contributed by atoms with van der Waals surface area (Å²) in [4.78, 5) is 18.6. The molecule has 1 fully saturated rings. The number of carbonyl (C=O) groups excluding carboxylic acids is 1. The lowest BCUT2D eigenvalue weighted by atomic mass is 9.95. The van der Waals surface area contributed by atoms with Crippen LogP contribution in [0.3, 0.4) is 0 Å². The van der Waals surface area contributed by atoms with Crippen LogP contribution in [0.4, 0.5) is 0 Å². The highest BCUT2D eigenvalue weighted by Crippen LogP contribution is 2.40. The summed E-state index contributed by atoms with van der Waals surface area (Å²) < 4.78 is 2.01. The Morgan fingerprint density at radius 2 is 2.03 bits per heavy atom. The van der Waals surface area contributed by atoms with Crippen LogP contribution in [0.2, 0.25) is 0 Å². The van der Waals surface area contributed by atoms with E-state index in [1.165, 1.54) is 5.56 Å². The van der Waals surface area contributed by atoms with E-state index in [1.807, 2.05) is 28.0 Å². The average Bonchev–Trinajstić information content (AvgIpc) is 3.61. The van der Waals surface area contributed by atoms with Gasteiger partial charge in [-0.25, -0.2) is 4.98 Å². The Morgan fingerprint density at radius 1 is 1.20 bits per heavy atom. The summed E-state index contributed by atoms with van der Waals surface area (Å²) >= 11 is 0. The lowest BCUT2D eigenvalue weighted by Crippen LogP contribution is -2.37. The second kappa shape index (κ2) is 8.35. The summed E-state index contributed by atoms with van der Waals surface area (Å²) in [5.74, 6) is 0.101.